The van der Waals surface area contributed by atoms with Crippen LogP contribution >= 0.6 is 11.3 Å². The zero-order valence-electron chi connectivity index (χ0n) is 16.6. The zero-order valence-corrected chi connectivity index (χ0v) is 17.4. The van der Waals surface area contributed by atoms with Crippen LogP contribution in [-0.2, 0) is 4.79 Å². The van der Waals surface area contributed by atoms with Crippen LogP contribution in [0.15, 0.2) is 48.5 Å². The standard InChI is InChI=1S/C23H24N2O2S/c1-5-27-20-11-7-18(8-12-20)9-13-21(26)24-23-25-22(17(4)28-23)19-10-6-15(2)16(3)14-19/h6-14H,5H2,1-4H3,(H,24,25,26)/b13-9+. The molecule has 0 saturated carbocycles. The second-order valence-electron chi connectivity index (χ2n) is 6.55. The van der Waals surface area contributed by atoms with E-state index >= 15 is 0 Å². The minimum atomic E-state index is -0.200. The summed E-state index contributed by atoms with van der Waals surface area (Å²) in [4.78, 5) is 17.9. The molecule has 1 N–H and O–H groups in total. The predicted octanol–water partition coefficient (Wildman–Crippen LogP) is 5.79. The SMILES string of the molecule is CCOc1ccc(/C=C/C(=O)Nc2nc(-c3ccc(C)c(C)c3)c(C)s2)cc1. The van der Waals surface area contributed by atoms with Crippen LogP contribution in [0.5, 0.6) is 5.75 Å². The van der Waals surface area contributed by atoms with E-state index in [0.29, 0.717) is 11.7 Å². The molecule has 0 aliphatic carbocycles. The van der Waals surface area contributed by atoms with Crippen molar-refractivity contribution in [2.75, 3.05) is 11.9 Å². The lowest BCUT2D eigenvalue weighted by molar-refractivity contribution is -0.111. The number of carbonyl (C=O) groups excluding carboxylic acids is 1. The Kier molecular flexibility index (Phi) is 6.26. The Bertz CT molecular complexity index is 1000. The summed E-state index contributed by atoms with van der Waals surface area (Å²) in [5.41, 5.74) is 5.41. The van der Waals surface area contributed by atoms with Crippen molar-refractivity contribution < 1.29 is 9.53 Å². The number of benzene rings is 2. The lowest BCUT2D eigenvalue weighted by atomic mass is 10.0. The van der Waals surface area contributed by atoms with Crippen molar-refractivity contribution in [2.45, 2.75) is 27.7 Å². The van der Waals surface area contributed by atoms with E-state index in [1.165, 1.54) is 28.5 Å². The summed E-state index contributed by atoms with van der Waals surface area (Å²) < 4.78 is 5.42. The van der Waals surface area contributed by atoms with Gasteiger partial charge in [-0.05, 0) is 68.7 Å². The van der Waals surface area contributed by atoms with Crippen LogP contribution in [0.4, 0.5) is 5.13 Å². The fourth-order valence-corrected chi connectivity index (χ4v) is 3.61. The fourth-order valence-electron chi connectivity index (χ4n) is 2.77. The number of anilines is 1. The third-order valence-electron chi connectivity index (χ3n) is 4.43. The molecule has 3 rings (SSSR count). The first kappa shape index (κ1) is 19.8. The molecule has 1 amide bonds. The Morgan fingerprint density at radius 3 is 2.54 bits per heavy atom. The fraction of sp³-hybridized carbons (Fsp3) is 0.217. The van der Waals surface area contributed by atoms with E-state index in [1.54, 1.807) is 6.08 Å². The lowest BCUT2D eigenvalue weighted by Gasteiger charge is -2.03. The number of aromatic nitrogens is 1. The molecule has 0 aliphatic heterocycles. The highest BCUT2D eigenvalue weighted by atomic mass is 32.1. The molecule has 0 spiro atoms. The summed E-state index contributed by atoms with van der Waals surface area (Å²) in [6.45, 7) is 8.79. The second kappa shape index (κ2) is 8.85. The minimum Gasteiger partial charge on any atom is -0.494 e. The minimum absolute atomic E-state index is 0.200. The van der Waals surface area contributed by atoms with Crippen molar-refractivity contribution in [3.63, 3.8) is 0 Å². The van der Waals surface area contributed by atoms with Crippen LogP contribution in [0.3, 0.4) is 0 Å². The average molecular weight is 393 g/mol. The Hall–Kier alpha value is -2.92. The van der Waals surface area contributed by atoms with Gasteiger partial charge >= 0.3 is 0 Å². The molecular weight excluding hydrogens is 368 g/mol. The van der Waals surface area contributed by atoms with E-state index in [1.807, 2.05) is 38.1 Å². The molecule has 0 fully saturated rings. The van der Waals surface area contributed by atoms with Crippen molar-refractivity contribution in [3.05, 3.63) is 70.1 Å². The first-order valence-corrected chi connectivity index (χ1v) is 10.0. The highest BCUT2D eigenvalue weighted by molar-refractivity contribution is 7.16. The molecule has 0 saturated heterocycles. The lowest BCUT2D eigenvalue weighted by Crippen LogP contribution is -2.07. The van der Waals surface area contributed by atoms with E-state index < -0.39 is 0 Å². The van der Waals surface area contributed by atoms with Gasteiger partial charge in [0.25, 0.3) is 0 Å². The van der Waals surface area contributed by atoms with Gasteiger partial charge in [0.2, 0.25) is 5.91 Å². The summed E-state index contributed by atoms with van der Waals surface area (Å²) in [6.07, 6.45) is 3.29. The van der Waals surface area contributed by atoms with Gasteiger partial charge in [-0.3, -0.25) is 10.1 Å². The third kappa shape index (κ3) is 4.87. The van der Waals surface area contributed by atoms with Crippen LogP contribution in [0.2, 0.25) is 0 Å². The van der Waals surface area contributed by atoms with Crippen LogP contribution < -0.4 is 10.1 Å². The number of nitrogens with zero attached hydrogens (tertiary/aromatic N) is 1. The smallest absolute Gasteiger partial charge is 0.250 e. The summed E-state index contributed by atoms with van der Waals surface area (Å²) >= 11 is 1.48. The quantitative estimate of drug-likeness (QED) is 0.541. The van der Waals surface area contributed by atoms with Crippen molar-refractivity contribution in [2.24, 2.45) is 0 Å². The number of amides is 1. The van der Waals surface area contributed by atoms with Gasteiger partial charge in [-0.2, -0.15) is 0 Å². The molecule has 0 atom stereocenters. The van der Waals surface area contributed by atoms with Crippen molar-refractivity contribution >= 4 is 28.5 Å². The summed E-state index contributed by atoms with van der Waals surface area (Å²) in [6, 6.07) is 13.9. The highest BCUT2D eigenvalue weighted by Gasteiger charge is 2.11. The number of hydrogen-bond acceptors (Lipinski definition) is 4. The molecule has 28 heavy (non-hydrogen) atoms. The number of carbonyl (C=O) groups is 1. The van der Waals surface area contributed by atoms with E-state index in [2.05, 4.69) is 42.3 Å². The van der Waals surface area contributed by atoms with Gasteiger partial charge in [0, 0.05) is 16.5 Å². The molecule has 3 aromatic rings. The van der Waals surface area contributed by atoms with Gasteiger partial charge in [0.05, 0.1) is 12.3 Å². The number of thiazole rings is 1. The van der Waals surface area contributed by atoms with Crippen molar-refractivity contribution in [1.82, 2.24) is 4.98 Å². The second-order valence-corrected chi connectivity index (χ2v) is 7.75. The zero-order chi connectivity index (χ0) is 20.1. The van der Waals surface area contributed by atoms with E-state index in [4.69, 9.17) is 4.74 Å². The Labute approximate surface area is 169 Å². The molecule has 4 nitrogen and oxygen atoms in total. The predicted molar refractivity (Wildman–Crippen MR) is 117 cm³/mol. The largest absolute Gasteiger partial charge is 0.494 e. The summed E-state index contributed by atoms with van der Waals surface area (Å²) in [5, 5.41) is 3.46. The molecule has 0 unspecified atom stereocenters. The highest BCUT2D eigenvalue weighted by Crippen LogP contribution is 2.31. The normalized spacial score (nSPS) is 11.0. The Morgan fingerprint density at radius 1 is 1.11 bits per heavy atom. The molecule has 1 aromatic heterocycles. The maximum absolute atomic E-state index is 12.3. The molecule has 5 heteroatoms. The molecule has 0 aliphatic rings. The van der Waals surface area contributed by atoms with Crippen molar-refractivity contribution in [3.8, 4) is 17.0 Å². The number of aryl methyl sites for hydroxylation is 3. The average Bonchev–Trinajstić information content (AvgIpc) is 3.03. The monoisotopic (exact) mass is 392 g/mol. The van der Waals surface area contributed by atoms with Gasteiger partial charge < -0.3 is 4.74 Å². The Morgan fingerprint density at radius 2 is 1.86 bits per heavy atom. The molecule has 1 heterocycles. The summed E-state index contributed by atoms with van der Waals surface area (Å²) in [5.74, 6) is 0.621. The van der Waals surface area contributed by atoms with Gasteiger partial charge in [-0.15, -0.1) is 11.3 Å². The van der Waals surface area contributed by atoms with Gasteiger partial charge in [-0.25, -0.2) is 4.98 Å². The number of nitrogens with one attached hydrogen (secondary N) is 1. The molecule has 0 radical (unpaired) electrons. The van der Waals surface area contributed by atoms with Crippen LogP contribution in [0, 0.1) is 20.8 Å². The first-order valence-electron chi connectivity index (χ1n) is 9.23. The number of ether oxygens (including phenoxy) is 1. The van der Waals surface area contributed by atoms with Gasteiger partial charge in [0.15, 0.2) is 5.13 Å². The van der Waals surface area contributed by atoms with E-state index in [-0.39, 0.29) is 5.91 Å². The van der Waals surface area contributed by atoms with E-state index in [9.17, 15) is 4.79 Å². The van der Waals surface area contributed by atoms with Gasteiger partial charge in [0.1, 0.15) is 5.75 Å². The van der Waals surface area contributed by atoms with Crippen LogP contribution in [-0.4, -0.2) is 17.5 Å². The number of rotatable bonds is 6. The van der Waals surface area contributed by atoms with Crippen LogP contribution in [0.25, 0.3) is 17.3 Å². The van der Waals surface area contributed by atoms with Gasteiger partial charge in [-0.1, -0.05) is 24.3 Å². The van der Waals surface area contributed by atoms with Crippen LogP contribution in [0.1, 0.15) is 28.5 Å². The first-order chi connectivity index (χ1) is 13.5. The maximum Gasteiger partial charge on any atom is 0.250 e. The third-order valence-corrected chi connectivity index (χ3v) is 5.31. The molecule has 2 aromatic carbocycles. The summed E-state index contributed by atoms with van der Waals surface area (Å²) in [7, 11) is 0. The molecule has 144 valence electrons. The molecular formula is C23H24N2O2S. The van der Waals surface area contributed by atoms with Crippen molar-refractivity contribution in [1.29, 1.82) is 0 Å². The van der Waals surface area contributed by atoms with E-state index in [0.717, 1.165) is 27.4 Å². The topological polar surface area (TPSA) is 51.2 Å². The Balaban J connectivity index is 1.68. The number of hydrogen-bond donors (Lipinski definition) is 1. The maximum atomic E-state index is 12.3. The molecule has 0 bridgehead atoms.